The Hall–Kier alpha value is -4.03. The molecule has 3 amide bonds. The second-order valence-corrected chi connectivity index (χ2v) is 10.9. The number of halogens is 2. The van der Waals surface area contributed by atoms with Crippen LogP contribution in [0, 0.1) is 0 Å². The van der Waals surface area contributed by atoms with E-state index in [1.807, 2.05) is 0 Å². The third-order valence-corrected chi connectivity index (χ3v) is 8.09. The molecule has 1 fully saturated rings. The fourth-order valence-corrected chi connectivity index (χ4v) is 6.10. The molecule has 14 heteroatoms. The number of anilines is 4. The average Bonchev–Trinajstić information content (AvgIpc) is 2.96. The van der Waals surface area contributed by atoms with E-state index in [2.05, 4.69) is 20.6 Å². The van der Waals surface area contributed by atoms with E-state index < -0.39 is 6.03 Å². The normalized spacial score (nSPS) is 18.4. The Morgan fingerprint density at radius 1 is 1.10 bits per heavy atom. The minimum absolute atomic E-state index is 0.0452. The maximum absolute atomic E-state index is 14.2. The van der Waals surface area contributed by atoms with Gasteiger partial charge in [0.2, 0.25) is 11.9 Å². The summed E-state index contributed by atoms with van der Waals surface area (Å²) in [5.74, 6) is 1.63. The standard InChI is InChI=1S/C28H32Cl2N8O4/c1-15(39)34-18-6-4-5-7-19(18)35-27-33-12-17-14-37(25-23(29)20(41-2)11-21(42-3)24(25)30)28(40)38(26(17)36-27)13-16-8-9-32-22(31)10-16/h8-12,18-19H,4-7,13-14H2,1-3H3,(H2,31,32)(H,34,39)(H,33,35,36). The number of hydrogen-bond donors (Lipinski definition) is 3. The van der Waals surface area contributed by atoms with Crippen molar-refractivity contribution in [2.75, 3.05) is 35.1 Å². The topological polar surface area (TPSA) is 148 Å². The van der Waals surface area contributed by atoms with Crippen LogP contribution >= 0.6 is 23.2 Å². The van der Waals surface area contributed by atoms with Crippen molar-refractivity contribution < 1.29 is 19.1 Å². The lowest BCUT2D eigenvalue weighted by atomic mass is 9.90. The molecule has 0 radical (unpaired) electrons. The first kappa shape index (κ1) is 29.5. The first-order valence-electron chi connectivity index (χ1n) is 13.5. The number of benzene rings is 1. The maximum Gasteiger partial charge on any atom is 0.330 e. The van der Waals surface area contributed by atoms with Gasteiger partial charge >= 0.3 is 6.03 Å². The van der Waals surface area contributed by atoms with Gasteiger partial charge in [0.25, 0.3) is 0 Å². The van der Waals surface area contributed by atoms with Gasteiger partial charge in [-0.3, -0.25) is 14.6 Å². The van der Waals surface area contributed by atoms with Crippen molar-refractivity contribution >= 4 is 58.4 Å². The first-order valence-corrected chi connectivity index (χ1v) is 14.2. The number of aromatic nitrogens is 3. The zero-order chi connectivity index (χ0) is 30.0. The number of nitrogens with one attached hydrogen (secondary N) is 2. The molecule has 2 unspecified atom stereocenters. The molecule has 1 aliphatic heterocycles. The van der Waals surface area contributed by atoms with Crippen LogP contribution in [0.5, 0.6) is 11.5 Å². The molecule has 0 bridgehead atoms. The average molecular weight is 616 g/mol. The summed E-state index contributed by atoms with van der Waals surface area (Å²) in [6.07, 6.45) is 7.02. The first-order chi connectivity index (χ1) is 20.2. The van der Waals surface area contributed by atoms with Crippen LogP contribution in [0.2, 0.25) is 10.0 Å². The fraction of sp³-hybridized carbons (Fsp3) is 0.393. The molecule has 2 aliphatic rings. The zero-order valence-electron chi connectivity index (χ0n) is 23.5. The van der Waals surface area contributed by atoms with Gasteiger partial charge in [-0.05, 0) is 30.5 Å². The van der Waals surface area contributed by atoms with Crippen LogP contribution in [-0.2, 0) is 17.9 Å². The molecule has 0 spiro atoms. The molecule has 1 aromatic carbocycles. The van der Waals surface area contributed by atoms with E-state index >= 15 is 0 Å². The number of hydrogen-bond acceptors (Lipinski definition) is 9. The lowest BCUT2D eigenvalue weighted by Gasteiger charge is -2.37. The summed E-state index contributed by atoms with van der Waals surface area (Å²) in [6.45, 7) is 1.75. The molecule has 3 heterocycles. The number of rotatable bonds is 8. The Kier molecular flexibility index (Phi) is 8.74. The van der Waals surface area contributed by atoms with Gasteiger partial charge < -0.3 is 25.8 Å². The second kappa shape index (κ2) is 12.5. The molecular formula is C28H32Cl2N8O4. The van der Waals surface area contributed by atoms with Gasteiger partial charge in [0.15, 0.2) is 0 Å². The predicted octanol–water partition coefficient (Wildman–Crippen LogP) is 4.78. The number of carbonyl (C=O) groups is 2. The third-order valence-electron chi connectivity index (χ3n) is 7.36. The molecule has 2 atom stereocenters. The second-order valence-electron chi connectivity index (χ2n) is 10.2. The van der Waals surface area contributed by atoms with Gasteiger partial charge in [0.1, 0.15) is 33.2 Å². The zero-order valence-corrected chi connectivity index (χ0v) is 25.0. The van der Waals surface area contributed by atoms with Crippen LogP contribution in [0.3, 0.4) is 0 Å². The predicted molar refractivity (Wildman–Crippen MR) is 161 cm³/mol. The largest absolute Gasteiger partial charge is 0.495 e. The Morgan fingerprint density at radius 3 is 2.43 bits per heavy atom. The van der Waals surface area contributed by atoms with E-state index in [9.17, 15) is 9.59 Å². The molecule has 4 N–H and O–H groups in total. The molecule has 12 nitrogen and oxygen atoms in total. The van der Waals surface area contributed by atoms with E-state index in [4.69, 9.17) is 43.4 Å². The Balaban J connectivity index is 1.56. The molecule has 2 aromatic heterocycles. The fourth-order valence-electron chi connectivity index (χ4n) is 5.39. The summed E-state index contributed by atoms with van der Waals surface area (Å²) in [4.78, 5) is 42.4. The van der Waals surface area contributed by atoms with Crippen LogP contribution in [0.25, 0.3) is 0 Å². The number of pyridine rings is 1. The summed E-state index contributed by atoms with van der Waals surface area (Å²) < 4.78 is 10.9. The number of nitrogens with two attached hydrogens (primary N) is 1. The van der Waals surface area contributed by atoms with Crippen molar-refractivity contribution in [1.82, 2.24) is 20.3 Å². The Bertz CT molecular complexity index is 1480. The summed E-state index contributed by atoms with van der Waals surface area (Å²) in [5.41, 5.74) is 7.59. The number of nitrogen functional groups attached to an aromatic ring is 1. The van der Waals surface area contributed by atoms with Crippen LogP contribution in [0.4, 0.5) is 28.1 Å². The number of fused-ring (bicyclic) bond motifs is 1. The molecular weight excluding hydrogens is 583 g/mol. The number of amides is 3. The van der Waals surface area contributed by atoms with Crippen molar-refractivity contribution in [2.45, 2.75) is 57.8 Å². The Labute approximate surface area is 253 Å². The number of urea groups is 1. The van der Waals surface area contributed by atoms with Crippen molar-refractivity contribution in [2.24, 2.45) is 0 Å². The third kappa shape index (κ3) is 5.95. The van der Waals surface area contributed by atoms with Crippen molar-refractivity contribution in [3.8, 4) is 11.5 Å². The highest BCUT2D eigenvalue weighted by atomic mass is 35.5. The van der Waals surface area contributed by atoms with Gasteiger partial charge in [-0.25, -0.2) is 14.8 Å². The van der Waals surface area contributed by atoms with E-state index in [-0.39, 0.29) is 46.8 Å². The molecule has 5 rings (SSSR count). The highest BCUT2D eigenvalue weighted by Crippen LogP contribution is 2.48. The SMILES string of the molecule is COc1cc(OC)c(Cl)c(N2Cc3cnc(NC4CCCCC4NC(C)=O)nc3N(Cc3ccnc(N)c3)C2=O)c1Cl. The van der Waals surface area contributed by atoms with E-state index in [0.29, 0.717) is 34.6 Å². The summed E-state index contributed by atoms with van der Waals surface area (Å²) in [5, 5.41) is 6.74. The molecule has 3 aromatic rings. The quantitative estimate of drug-likeness (QED) is 0.326. The monoisotopic (exact) mass is 614 g/mol. The van der Waals surface area contributed by atoms with Gasteiger partial charge in [-0.15, -0.1) is 0 Å². The lowest BCUT2D eigenvalue weighted by molar-refractivity contribution is -0.119. The maximum atomic E-state index is 14.2. The lowest BCUT2D eigenvalue weighted by Crippen LogP contribution is -2.49. The summed E-state index contributed by atoms with van der Waals surface area (Å²) in [6, 6.07) is 4.52. The highest BCUT2D eigenvalue weighted by Gasteiger charge is 2.37. The van der Waals surface area contributed by atoms with E-state index in [1.54, 1.807) is 30.6 Å². The number of nitrogens with zero attached hydrogens (tertiary/aromatic N) is 5. The van der Waals surface area contributed by atoms with Gasteiger partial charge in [0.05, 0.1) is 33.0 Å². The van der Waals surface area contributed by atoms with Crippen molar-refractivity contribution in [3.05, 3.63) is 51.8 Å². The number of ether oxygens (including phenoxy) is 2. The van der Waals surface area contributed by atoms with Crippen LogP contribution < -0.4 is 35.6 Å². The summed E-state index contributed by atoms with van der Waals surface area (Å²) >= 11 is 13.4. The number of methoxy groups -OCH3 is 2. The van der Waals surface area contributed by atoms with E-state index in [0.717, 1.165) is 31.2 Å². The minimum Gasteiger partial charge on any atom is -0.495 e. The van der Waals surface area contributed by atoms with Crippen LogP contribution in [0.1, 0.15) is 43.7 Å². The Morgan fingerprint density at radius 2 is 1.79 bits per heavy atom. The van der Waals surface area contributed by atoms with Gasteiger partial charge in [-0.2, -0.15) is 4.98 Å². The van der Waals surface area contributed by atoms with Crippen LogP contribution in [-0.4, -0.2) is 53.2 Å². The van der Waals surface area contributed by atoms with Crippen LogP contribution in [0.15, 0.2) is 30.6 Å². The summed E-state index contributed by atoms with van der Waals surface area (Å²) in [7, 11) is 2.94. The molecule has 222 valence electrons. The highest BCUT2D eigenvalue weighted by molar-refractivity contribution is 6.42. The molecule has 1 saturated carbocycles. The van der Waals surface area contributed by atoms with E-state index in [1.165, 1.54) is 30.9 Å². The molecule has 42 heavy (non-hydrogen) atoms. The smallest absolute Gasteiger partial charge is 0.330 e. The van der Waals surface area contributed by atoms with Gasteiger partial charge in [-0.1, -0.05) is 36.0 Å². The minimum atomic E-state index is -0.421. The van der Waals surface area contributed by atoms with Crippen molar-refractivity contribution in [1.29, 1.82) is 0 Å². The van der Waals surface area contributed by atoms with Gasteiger partial charge in [0, 0.05) is 43.0 Å². The molecule has 1 aliphatic carbocycles. The molecule has 0 saturated heterocycles. The number of carbonyl (C=O) groups excluding carboxylic acids is 2. The van der Waals surface area contributed by atoms with Crippen molar-refractivity contribution in [3.63, 3.8) is 0 Å².